The molecule has 0 bridgehead atoms. The van der Waals surface area contributed by atoms with Crippen molar-refractivity contribution in [3.05, 3.63) is 219 Å². The molecule has 0 atom stereocenters. The smallest absolute Gasteiger partial charge is 0.135 e. The average molecular weight is 962 g/mol. The fourth-order valence-corrected chi connectivity index (χ4v) is 7.71. The van der Waals surface area contributed by atoms with Gasteiger partial charge in [-0.25, -0.2) is 4.98 Å². The molecule has 0 N–H and O–H groups in total. The van der Waals surface area contributed by atoms with Gasteiger partial charge in [0.05, 0.1) is 19.4 Å². The van der Waals surface area contributed by atoms with Crippen LogP contribution in [0.1, 0.15) is 13.7 Å². The molecule has 0 spiro atoms. The van der Waals surface area contributed by atoms with Gasteiger partial charge in [-0.3, -0.25) is 4.98 Å². The van der Waals surface area contributed by atoms with Gasteiger partial charge in [-0.05, 0) is 58.7 Å². The van der Waals surface area contributed by atoms with Crippen molar-refractivity contribution in [3.8, 4) is 56.0 Å². The number of aromatic nitrogens is 2. The number of hydrogen-bond acceptors (Lipinski definition) is 6. The predicted octanol–water partition coefficient (Wildman–Crippen LogP) is 13.7. The van der Waals surface area contributed by atoms with Crippen LogP contribution in [0.25, 0.3) is 44.5 Å². The Morgan fingerprint density at radius 1 is 0.517 bits per heavy atom. The number of fused-ring (bicyclic) bond motifs is 6. The van der Waals surface area contributed by atoms with Crippen LogP contribution in [0.5, 0.6) is 11.5 Å². The van der Waals surface area contributed by atoms with Gasteiger partial charge in [-0.2, -0.15) is 12.1 Å². The van der Waals surface area contributed by atoms with E-state index in [4.69, 9.17) is 23.4 Å². The molecule has 9 aromatic rings. The van der Waals surface area contributed by atoms with Crippen molar-refractivity contribution >= 4 is 39.9 Å². The summed E-state index contributed by atoms with van der Waals surface area (Å²) >= 11 is 0. The van der Waals surface area contributed by atoms with Crippen LogP contribution in [-0.4, -0.2) is 9.97 Å². The molecule has 0 unspecified atom stereocenters. The Labute approximate surface area is 378 Å². The molecule has 0 fully saturated rings. The molecule has 0 amide bonds. The quantitative estimate of drug-likeness (QED) is 0.148. The summed E-state index contributed by atoms with van der Waals surface area (Å²) in [6.45, 7) is 1.73. The van der Waals surface area contributed by atoms with Crippen LogP contribution in [0.2, 0.25) is 0 Å². The zero-order chi connectivity index (χ0) is 47.8. The van der Waals surface area contributed by atoms with E-state index in [1.165, 1.54) is 0 Å². The third-order valence-corrected chi connectivity index (χ3v) is 10.2. The number of pyridine rings is 2. The van der Waals surface area contributed by atoms with E-state index in [0.29, 0.717) is 40.1 Å². The molecule has 60 heavy (non-hydrogen) atoms. The monoisotopic (exact) mass is 961 g/mol. The van der Waals surface area contributed by atoms with E-state index in [0.717, 1.165) is 27.9 Å². The first-order chi connectivity index (χ1) is 33.4. The molecular weight excluding hydrogens is 918 g/mol. The Bertz CT molecular complexity index is 3440. The summed E-state index contributed by atoms with van der Waals surface area (Å²) in [7, 11) is 0. The van der Waals surface area contributed by atoms with Gasteiger partial charge in [-0.15, -0.1) is 48.3 Å². The zero-order valence-corrected chi connectivity index (χ0v) is 33.6. The van der Waals surface area contributed by atoms with E-state index in [2.05, 4.69) is 28.1 Å². The molecule has 6 nitrogen and oxygen atoms in total. The predicted molar refractivity (Wildman–Crippen MR) is 238 cm³/mol. The minimum absolute atomic E-state index is 0. The van der Waals surface area contributed by atoms with Crippen molar-refractivity contribution in [1.29, 1.82) is 0 Å². The van der Waals surface area contributed by atoms with Crippen LogP contribution < -0.4 is 19.4 Å². The van der Waals surface area contributed by atoms with Crippen molar-refractivity contribution in [3.63, 3.8) is 0 Å². The van der Waals surface area contributed by atoms with E-state index in [9.17, 15) is 0 Å². The van der Waals surface area contributed by atoms with Gasteiger partial charge in [0.25, 0.3) is 0 Å². The van der Waals surface area contributed by atoms with Crippen molar-refractivity contribution < 1.29 is 39.5 Å². The molecular formula is C53H34N5OPt-3. The van der Waals surface area contributed by atoms with E-state index < -0.39 is 60.4 Å². The van der Waals surface area contributed by atoms with Gasteiger partial charge in [0.1, 0.15) is 5.82 Å². The maximum absolute atomic E-state index is 9.01. The minimum atomic E-state index is -0.569. The average Bonchev–Trinajstić information content (AvgIpc) is 3.71. The molecule has 11 rings (SSSR count). The summed E-state index contributed by atoms with van der Waals surface area (Å²) in [6, 6.07) is 39.0. The second kappa shape index (κ2) is 15.8. The van der Waals surface area contributed by atoms with Gasteiger partial charge in [-0.1, -0.05) is 121 Å². The largest absolute Gasteiger partial charge is 0.509 e. The molecule has 2 aliphatic heterocycles. The van der Waals surface area contributed by atoms with E-state index in [1.807, 2.05) is 102 Å². The Morgan fingerprint density at radius 3 is 1.90 bits per heavy atom. The molecule has 2 aliphatic rings. The maximum atomic E-state index is 9.01. The number of rotatable bonds is 7. The molecule has 290 valence electrons. The fourth-order valence-electron chi connectivity index (χ4n) is 7.71. The summed E-state index contributed by atoms with van der Waals surface area (Å²) in [6.07, 6.45) is 5.38. The summed E-state index contributed by atoms with van der Waals surface area (Å²) in [4.78, 5) is 14.9. The second-order valence-corrected chi connectivity index (χ2v) is 13.6. The number of hydrogen-bond donors (Lipinski definition) is 0. The number of para-hydroxylation sites is 4. The Balaban J connectivity index is 0.00000567. The van der Waals surface area contributed by atoms with Gasteiger partial charge in [0.15, 0.2) is 0 Å². The van der Waals surface area contributed by atoms with Crippen molar-refractivity contribution in [2.45, 2.75) is 0 Å². The van der Waals surface area contributed by atoms with Crippen LogP contribution >= 0.6 is 0 Å². The van der Waals surface area contributed by atoms with Crippen LogP contribution in [0.3, 0.4) is 0 Å². The van der Waals surface area contributed by atoms with Gasteiger partial charge >= 0.3 is 0 Å². The van der Waals surface area contributed by atoms with E-state index in [1.54, 1.807) is 48.2 Å². The summed E-state index contributed by atoms with van der Waals surface area (Å²) in [5.74, 6) is 1.44. The topological polar surface area (TPSA) is 44.7 Å². The number of nitrogens with zero attached hydrogens (tertiary/aromatic N) is 5. The summed E-state index contributed by atoms with van der Waals surface area (Å²) in [5.41, 5.74) is 7.48. The van der Waals surface area contributed by atoms with Crippen molar-refractivity contribution in [1.82, 2.24) is 9.97 Å². The zero-order valence-electron chi connectivity index (χ0n) is 41.3. The van der Waals surface area contributed by atoms with Crippen molar-refractivity contribution in [2.75, 3.05) is 14.7 Å². The summed E-state index contributed by atoms with van der Waals surface area (Å²) in [5, 5.41) is 0. The SMILES string of the molecule is [2H]c1c([2H])c([2H])c(-c2cccc(-c3c([2H])c([2H])c([2H])c([2H])c3[2H])c2N2[CH-]N(c3[c-]c(Oc4[c-]c5c(cc4)-c4cnccc4-c4ccccc4N5c4ccccn4)ccc3)c3ccccc32)c([2H])c1[2H].[Pt]. The second-order valence-electron chi connectivity index (χ2n) is 13.6. The molecule has 0 aliphatic carbocycles. The van der Waals surface area contributed by atoms with Crippen LogP contribution in [0.4, 0.5) is 39.9 Å². The van der Waals surface area contributed by atoms with E-state index >= 15 is 0 Å². The number of ether oxygens (including phenoxy) is 1. The Kier molecular flexibility index (Phi) is 7.23. The first-order valence-corrected chi connectivity index (χ1v) is 18.7. The molecule has 7 aromatic carbocycles. The standard InChI is InChI=1S/C53H34N5O.Pt/c1-3-15-37(16-4-1)42-22-14-23-43(38-17-5-2-6-18-38)53(42)57-36-56(49-25-9-10-26-50(49)57)39-19-13-20-40(33-39)59-41-28-29-46-47-35-54-32-30-44(47)45-21-7-8-24-48(45)58(51(46)34-41)52-27-11-12-31-55-52;/h1-32,35-36H;/q-3;/i1D,2D,3D,4D,5D,6D,15D,16D,17D,18D;. The number of benzene rings is 7. The first kappa shape index (κ1) is 27.4. The molecule has 0 saturated carbocycles. The molecule has 0 saturated heterocycles. The maximum Gasteiger partial charge on any atom is 0.135 e. The normalized spacial score (nSPS) is 14.7. The van der Waals surface area contributed by atoms with E-state index in [-0.39, 0.29) is 49.0 Å². The first-order valence-electron chi connectivity index (χ1n) is 23.7. The third-order valence-electron chi connectivity index (χ3n) is 10.2. The van der Waals surface area contributed by atoms with Gasteiger partial charge in [0.2, 0.25) is 0 Å². The fraction of sp³-hybridized carbons (Fsp3) is 0. The van der Waals surface area contributed by atoms with Crippen molar-refractivity contribution in [2.24, 2.45) is 0 Å². The molecule has 2 aromatic heterocycles. The number of anilines is 7. The summed E-state index contributed by atoms with van der Waals surface area (Å²) < 4.78 is 93.5. The van der Waals surface area contributed by atoms with Gasteiger partial charge < -0.3 is 19.4 Å². The minimum Gasteiger partial charge on any atom is -0.509 e. The molecule has 0 radical (unpaired) electrons. The third kappa shape index (κ3) is 6.52. The van der Waals surface area contributed by atoms with Crippen LogP contribution in [0, 0.1) is 18.8 Å². The van der Waals surface area contributed by atoms with Crippen LogP contribution in [-0.2, 0) is 21.1 Å². The molecule has 4 heterocycles. The van der Waals surface area contributed by atoms with Gasteiger partial charge in [0, 0.05) is 84.9 Å². The van der Waals surface area contributed by atoms with Crippen LogP contribution in [0.15, 0.2) is 200 Å². The Morgan fingerprint density at radius 2 is 1.17 bits per heavy atom. The molecule has 7 heteroatoms. The Hall–Kier alpha value is -7.27.